The number of hydrogen-bond acceptors (Lipinski definition) is 7. The zero-order valence-electron chi connectivity index (χ0n) is 21.5. The highest BCUT2D eigenvalue weighted by Gasteiger charge is 2.42. The van der Waals surface area contributed by atoms with Gasteiger partial charge in [-0.1, -0.05) is 39.5 Å². The second-order valence-corrected chi connectivity index (χ2v) is 12.7. The molecule has 1 aliphatic heterocycles. The van der Waals surface area contributed by atoms with Gasteiger partial charge in [0.05, 0.1) is 17.1 Å². The molecule has 0 aromatic heterocycles. The summed E-state index contributed by atoms with van der Waals surface area (Å²) in [6.45, 7) is 5.13. The van der Waals surface area contributed by atoms with Gasteiger partial charge in [0, 0.05) is 34.8 Å². The molecule has 36 heavy (non-hydrogen) atoms. The Morgan fingerprint density at radius 1 is 1.11 bits per heavy atom. The summed E-state index contributed by atoms with van der Waals surface area (Å²) >= 11 is 1.55. The Morgan fingerprint density at radius 3 is 2.31 bits per heavy atom. The zero-order valence-corrected chi connectivity index (χ0v) is 23.1. The number of carboxylic acid groups (broad SMARTS) is 1. The number of phenols is 1. The summed E-state index contributed by atoms with van der Waals surface area (Å²) in [5.41, 5.74) is 2.24. The van der Waals surface area contributed by atoms with Crippen molar-refractivity contribution < 1.29 is 24.1 Å². The van der Waals surface area contributed by atoms with Crippen LogP contribution in [-0.2, 0) is 11.3 Å². The maximum absolute atomic E-state index is 11.7. The molecule has 2 aromatic carbocycles. The molecular weight excluding hydrogens is 496 g/mol. The molecule has 0 fully saturated rings. The number of aromatic hydroxyl groups is 1. The average molecular weight is 537 g/mol. The highest BCUT2D eigenvalue weighted by atomic mass is 32.3. The van der Waals surface area contributed by atoms with Crippen molar-refractivity contribution in [3.05, 3.63) is 42.0 Å². The summed E-state index contributed by atoms with van der Waals surface area (Å²) in [5, 5.41) is 21.9. The summed E-state index contributed by atoms with van der Waals surface area (Å²) in [7, 11) is -3.13. The van der Waals surface area contributed by atoms with E-state index in [9.17, 15) is 19.0 Å². The van der Waals surface area contributed by atoms with Crippen molar-refractivity contribution in [2.24, 2.45) is 5.41 Å². The minimum atomic E-state index is -3.13. The fourth-order valence-electron chi connectivity index (χ4n) is 5.06. The quantitative estimate of drug-likeness (QED) is 0.186. The van der Waals surface area contributed by atoms with Crippen LogP contribution in [0.2, 0.25) is 0 Å². The zero-order chi connectivity index (χ0) is 26.3. The van der Waals surface area contributed by atoms with Crippen molar-refractivity contribution in [3.63, 3.8) is 0 Å². The van der Waals surface area contributed by atoms with Crippen molar-refractivity contribution in [2.75, 3.05) is 30.0 Å². The number of thioether (sulfide) groups is 1. The van der Waals surface area contributed by atoms with Crippen LogP contribution in [0.25, 0.3) is 0 Å². The van der Waals surface area contributed by atoms with Crippen LogP contribution >= 0.6 is 22.4 Å². The van der Waals surface area contributed by atoms with Crippen molar-refractivity contribution >= 4 is 39.7 Å². The van der Waals surface area contributed by atoms with Crippen molar-refractivity contribution in [1.82, 2.24) is 5.32 Å². The Balaban J connectivity index is 2.18. The van der Waals surface area contributed by atoms with Crippen LogP contribution in [-0.4, -0.2) is 50.4 Å². The third kappa shape index (κ3) is 6.89. The van der Waals surface area contributed by atoms with Gasteiger partial charge in [-0.05, 0) is 61.1 Å². The lowest BCUT2D eigenvalue weighted by Gasteiger charge is -2.42. The normalized spacial score (nSPS) is 17.3. The molecule has 9 heteroatoms. The van der Waals surface area contributed by atoms with Gasteiger partial charge in [0.1, 0.15) is 5.75 Å². The Bertz CT molecular complexity index is 1020. The number of fused-ring (bicyclic) bond motifs is 1. The molecule has 200 valence electrons. The summed E-state index contributed by atoms with van der Waals surface area (Å²) in [6.07, 6.45) is 7.88. The number of nitrogens with zero attached hydrogens (tertiary/aromatic N) is 1. The van der Waals surface area contributed by atoms with Gasteiger partial charge < -0.3 is 20.4 Å². The topological polar surface area (TPSA) is 113 Å². The number of rotatable bonds is 12. The molecule has 7 nitrogen and oxygen atoms in total. The number of carbonyl (C=O) groups is 1. The lowest BCUT2D eigenvalue weighted by atomic mass is 9.79. The second-order valence-electron chi connectivity index (χ2n) is 9.75. The predicted molar refractivity (Wildman–Crippen MR) is 150 cm³/mol. The van der Waals surface area contributed by atoms with E-state index >= 15 is 0 Å². The summed E-state index contributed by atoms with van der Waals surface area (Å²) < 4.78 is 23.4. The Morgan fingerprint density at radius 2 is 1.75 bits per heavy atom. The van der Waals surface area contributed by atoms with E-state index in [1.54, 1.807) is 23.9 Å². The van der Waals surface area contributed by atoms with Gasteiger partial charge in [0.25, 0.3) is 0 Å². The number of nitrogens with one attached hydrogen (secondary N) is 1. The molecule has 0 saturated heterocycles. The van der Waals surface area contributed by atoms with E-state index < -0.39 is 16.6 Å². The fourth-order valence-corrected chi connectivity index (χ4v) is 7.91. The van der Waals surface area contributed by atoms with Gasteiger partial charge in [0.15, 0.2) is 0 Å². The highest BCUT2D eigenvalue weighted by molar-refractivity contribution is 8.24. The molecule has 0 saturated carbocycles. The Kier molecular flexibility index (Phi) is 10.00. The van der Waals surface area contributed by atoms with Crippen LogP contribution in [0.5, 0.6) is 5.75 Å². The molecule has 0 atom stereocenters. The molecule has 0 amide bonds. The lowest BCUT2D eigenvalue weighted by Crippen LogP contribution is -2.37. The summed E-state index contributed by atoms with van der Waals surface area (Å²) in [5.74, 6) is -0.441. The highest BCUT2D eigenvalue weighted by Crippen LogP contribution is 2.61. The molecule has 2 aromatic rings. The van der Waals surface area contributed by atoms with E-state index in [4.69, 9.17) is 5.11 Å². The number of phenolic OH excluding ortho intramolecular Hbond substituents is 1. The number of carboxylic acids is 1. The number of anilines is 2. The van der Waals surface area contributed by atoms with Crippen molar-refractivity contribution in [1.29, 1.82) is 0 Å². The van der Waals surface area contributed by atoms with Crippen LogP contribution in [0, 0.1) is 5.41 Å². The Hall–Kier alpha value is -1.91. The van der Waals surface area contributed by atoms with E-state index in [0.29, 0.717) is 23.7 Å². The molecule has 5 N–H and O–H groups in total. The number of benzene rings is 2. The molecule has 0 spiro atoms. The third-order valence-corrected chi connectivity index (χ3v) is 9.75. The standard InChI is InChI=1S/C27H40N2O5S2/c1-4-6-12-27(13-7-5-2)18-29(21-8-10-22(30)11-9-21)23-15-24(35-3)20(16-28-17-26(31)32)14-25(23)36(33,34)19-27/h8-11,14-15,28,30,33-34H,4-7,12-13,16-19H2,1-3H3,(H,31,32). The van der Waals surface area contributed by atoms with Gasteiger partial charge in [-0.3, -0.25) is 13.9 Å². The first-order chi connectivity index (χ1) is 17.1. The minimum absolute atomic E-state index is 0.169. The number of aliphatic carboxylic acids is 1. The third-order valence-electron chi connectivity index (χ3n) is 6.88. The van der Waals surface area contributed by atoms with Crippen LogP contribution in [0.15, 0.2) is 46.2 Å². The molecule has 0 bridgehead atoms. The Labute approximate surface area is 220 Å². The first-order valence-electron chi connectivity index (χ1n) is 12.6. The van der Waals surface area contributed by atoms with Crippen LogP contribution in [0.3, 0.4) is 0 Å². The van der Waals surface area contributed by atoms with Crippen molar-refractivity contribution in [3.8, 4) is 5.75 Å². The predicted octanol–water partition coefficient (Wildman–Crippen LogP) is 6.92. The second kappa shape index (κ2) is 12.6. The molecule has 0 radical (unpaired) electrons. The molecule has 1 aliphatic rings. The monoisotopic (exact) mass is 536 g/mol. The maximum Gasteiger partial charge on any atom is 0.317 e. The largest absolute Gasteiger partial charge is 0.508 e. The first-order valence-corrected chi connectivity index (χ1v) is 15.5. The van der Waals surface area contributed by atoms with E-state index in [2.05, 4.69) is 24.1 Å². The van der Waals surface area contributed by atoms with Gasteiger partial charge in [0.2, 0.25) is 0 Å². The van der Waals surface area contributed by atoms with E-state index in [1.807, 2.05) is 30.5 Å². The molecular formula is C27H40N2O5S2. The van der Waals surface area contributed by atoms with Crippen LogP contribution < -0.4 is 10.2 Å². The van der Waals surface area contributed by atoms with Gasteiger partial charge in [-0.2, -0.15) is 10.6 Å². The SMILES string of the molecule is CCCCC1(CCCC)CN(c2ccc(O)cc2)c2cc(SC)c(CNCC(=O)O)cc2S(O)(O)C1. The number of unbranched alkanes of at least 4 members (excludes halogenated alkanes) is 2. The van der Waals surface area contributed by atoms with Crippen LogP contribution in [0.4, 0.5) is 11.4 Å². The van der Waals surface area contributed by atoms with E-state index in [-0.39, 0.29) is 17.7 Å². The minimum Gasteiger partial charge on any atom is -0.508 e. The lowest BCUT2D eigenvalue weighted by molar-refractivity contribution is -0.136. The average Bonchev–Trinajstić information content (AvgIpc) is 2.93. The molecule has 0 aliphatic carbocycles. The number of hydrogen-bond donors (Lipinski definition) is 5. The first kappa shape index (κ1) is 28.7. The molecule has 3 rings (SSSR count). The van der Waals surface area contributed by atoms with E-state index in [1.165, 1.54) is 0 Å². The van der Waals surface area contributed by atoms with E-state index in [0.717, 1.165) is 60.4 Å². The van der Waals surface area contributed by atoms with Crippen LogP contribution in [0.1, 0.15) is 57.9 Å². The van der Waals surface area contributed by atoms with Gasteiger partial charge in [-0.25, -0.2) is 0 Å². The van der Waals surface area contributed by atoms with Gasteiger partial charge in [-0.15, -0.1) is 11.8 Å². The summed E-state index contributed by atoms with van der Waals surface area (Å²) in [6, 6.07) is 10.9. The smallest absolute Gasteiger partial charge is 0.317 e. The molecule has 1 heterocycles. The maximum atomic E-state index is 11.7. The van der Waals surface area contributed by atoms with Gasteiger partial charge >= 0.3 is 5.97 Å². The summed E-state index contributed by atoms with van der Waals surface area (Å²) in [4.78, 5) is 14.7. The molecule has 0 unspecified atom stereocenters. The fraction of sp³-hybridized carbons (Fsp3) is 0.519. The van der Waals surface area contributed by atoms with Crippen molar-refractivity contribution in [2.45, 2.75) is 68.7 Å².